The van der Waals surface area contributed by atoms with E-state index in [4.69, 9.17) is 24.5 Å². The molecule has 5 N–H and O–H groups in total. The number of methoxy groups -OCH3 is 2. The van der Waals surface area contributed by atoms with Crippen LogP contribution in [0.4, 0.5) is 0 Å². The summed E-state index contributed by atoms with van der Waals surface area (Å²) in [7, 11) is -0.656. The molecule has 140 valence electrons. The summed E-state index contributed by atoms with van der Waals surface area (Å²) in [5, 5.41) is 8.71. The van der Waals surface area contributed by atoms with Gasteiger partial charge in [-0.2, -0.15) is 14.7 Å². The fourth-order valence-corrected chi connectivity index (χ4v) is 3.30. The largest absolute Gasteiger partial charge is 0.414 e. The molecule has 0 saturated heterocycles. The van der Waals surface area contributed by atoms with Crippen LogP contribution in [0.1, 0.15) is 6.42 Å². The zero-order valence-corrected chi connectivity index (χ0v) is 15.2. The van der Waals surface area contributed by atoms with Gasteiger partial charge in [-0.25, -0.2) is 4.79 Å². The van der Waals surface area contributed by atoms with Crippen LogP contribution < -0.4 is 11.2 Å². The van der Waals surface area contributed by atoms with E-state index in [-0.39, 0.29) is 24.9 Å². The molecule has 1 unspecified atom stereocenters. The summed E-state index contributed by atoms with van der Waals surface area (Å²) in [6, 6.07) is 1.26. The quantitative estimate of drug-likeness (QED) is 0.264. The maximum absolute atomic E-state index is 10.9. The summed E-state index contributed by atoms with van der Waals surface area (Å²) < 4.78 is 10.8. The SMILES string of the molecule is COC(CO)CCSC[P+](O)(O)O.COCn1ccc(=O)[nH]c1=O. The van der Waals surface area contributed by atoms with Crippen molar-refractivity contribution < 1.29 is 29.3 Å². The maximum Gasteiger partial charge on any atom is 0.414 e. The topological polar surface area (TPSA) is 154 Å². The Balaban J connectivity index is 0.000000446. The van der Waals surface area contributed by atoms with Crippen molar-refractivity contribution in [1.29, 1.82) is 0 Å². The molecule has 0 fully saturated rings. The highest BCUT2D eigenvalue weighted by atomic mass is 32.2. The van der Waals surface area contributed by atoms with Crippen LogP contribution in [0.2, 0.25) is 0 Å². The lowest BCUT2D eigenvalue weighted by molar-refractivity contribution is 0.0475. The third-order valence-electron chi connectivity index (χ3n) is 2.55. The molecule has 0 radical (unpaired) electrons. The van der Waals surface area contributed by atoms with Crippen LogP contribution >= 0.6 is 19.7 Å². The molecule has 0 bridgehead atoms. The number of aliphatic hydroxyl groups is 1. The first-order chi connectivity index (χ1) is 11.2. The Labute approximate surface area is 143 Å². The van der Waals surface area contributed by atoms with Crippen molar-refractivity contribution in [3.05, 3.63) is 33.1 Å². The fourth-order valence-electron chi connectivity index (χ4n) is 1.37. The van der Waals surface area contributed by atoms with Crippen molar-refractivity contribution in [2.24, 2.45) is 0 Å². The van der Waals surface area contributed by atoms with E-state index >= 15 is 0 Å². The van der Waals surface area contributed by atoms with Gasteiger partial charge in [0.05, 0.1) is 12.7 Å². The Morgan fingerprint density at radius 1 is 1.33 bits per heavy atom. The van der Waals surface area contributed by atoms with Crippen molar-refractivity contribution in [3.63, 3.8) is 0 Å². The molecule has 0 amide bonds. The van der Waals surface area contributed by atoms with Gasteiger partial charge in [0.25, 0.3) is 5.56 Å². The van der Waals surface area contributed by atoms with E-state index in [0.717, 1.165) is 0 Å². The van der Waals surface area contributed by atoms with E-state index in [2.05, 4.69) is 9.72 Å². The molecule has 1 rings (SSSR count). The van der Waals surface area contributed by atoms with Crippen LogP contribution in [-0.2, 0) is 16.2 Å². The van der Waals surface area contributed by atoms with E-state index < -0.39 is 19.2 Å². The summed E-state index contributed by atoms with van der Waals surface area (Å²) >= 11 is 1.23. The molecule has 1 heterocycles. The predicted octanol–water partition coefficient (Wildman–Crippen LogP) is -1.05. The number of thioether (sulfide) groups is 1. The zero-order chi connectivity index (χ0) is 18.6. The number of aliphatic hydroxyl groups excluding tert-OH is 1. The van der Waals surface area contributed by atoms with Crippen LogP contribution in [0.5, 0.6) is 0 Å². The van der Waals surface area contributed by atoms with Gasteiger partial charge in [-0.1, -0.05) is 0 Å². The Bertz CT molecular complexity index is 555. The number of H-pyrrole nitrogens is 1. The first-order valence-corrected chi connectivity index (χ1v) is 9.78. The minimum Gasteiger partial charge on any atom is -0.394 e. The van der Waals surface area contributed by atoms with Gasteiger partial charge in [0.15, 0.2) is 5.49 Å². The number of hydrogen-bond acceptors (Lipinski definition) is 9. The normalized spacial score (nSPS) is 12.4. The third-order valence-corrected chi connectivity index (χ3v) is 5.19. The van der Waals surface area contributed by atoms with E-state index in [1.54, 1.807) is 0 Å². The van der Waals surface area contributed by atoms with Gasteiger partial charge >= 0.3 is 13.6 Å². The van der Waals surface area contributed by atoms with Gasteiger partial charge in [0, 0.05) is 26.5 Å². The Hall–Kier alpha value is -0.780. The summed E-state index contributed by atoms with van der Waals surface area (Å²) in [4.78, 5) is 49.3. The molecule has 24 heavy (non-hydrogen) atoms. The lowest BCUT2D eigenvalue weighted by Gasteiger charge is -2.11. The monoisotopic (exact) mass is 387 g/mol. The highest BCUT2D eigenvalue weighted by molar-refractivity contribution is 8.05. The summed E-state index contributed by atoms with van der Waals surface area (Å²) in [5.74, 6) is 0.614. The molecular weight excluding hydrogens is 363 g/mol. The lowest BCUT2D eigenvalue weighted by Crippen LogP contribution is -2.28. The molecule has 10 nitrogen and oxygen atoms in total. The van der Waals surface area contributed by atoms with Gasteiger partial charge in [-0.3, -0.25) is 14.3 Å². The minimum absolute atomic E-state index is 0.0469. The third kappa shape index (κ3) is 11.7. The molecule has 0 aliphatic heterocycles. The molecule has 1 aromatic heterocycles. The van der Waals surface area contributed by atoms with E-state index in [1.807, 2.05) is 0 Å². The molecule has 0 saturated carbocycles. The molecule has 0 aromatic carbocycles. The van der Waals surface area contributed by atoms with Crippen molar-refractivity contribution >= 4 is 19.7 Å². The van der Waals surface area contributed by atoms with Crippen LogP contribution in [0, 0.1) is 0 Å². The molecule has 0 aliphatic carbocycles. The van der Waals surface area contributed by atoms with Gasteiger partial charge in [-0.05, 0) is 12.2 Å². The van der Waals surface area contributed by atoms with Crippen molar-refractivity contribution in [1.82, 2.24) is 9.55 Å². The van der Waals surface area contributed by atoms with Gasteiger partial charge in [0.1, 0.15) is 6.73 Å². The first-order valence-electron chi connectivity index (χ1n) is 6.80. The number of hydrogen-bond donors (Lipinski definition) is 5. The van der Waals surface area contributed by atoms with Gasteiger partial charge in [-0.15, -0.1) is 11.8 Å². The number of nitrogens with one attached hydrogen (secondary N) is 1. The molecule has 0 spiro atoms. The zero-order valence-electron chi connectivity index (χ0n) is 13.5. The van der Waals surface area contributed by atoms with Crippen molar-refractivity contribution in [3.8, 4) is 0 Å². The summed E-state index contributed by atoms with van der Waals surface area (Å²) in [5.41, 5.74) is -0.920. The smallest absolute Gasteiger partial charge is 0.394 e. The summed E-state index contributed by atoms with van der Waals surface area (Å²) in [6.07, 6.45) is 1.79. The number of rotatable bonds is 9. The predicted molar refractivity (Wildman–Crippen MR) is 91.7 cm³/mol. The first kappa shape index (κ1) is 23.2. The molecule has 1 atom stereocenters. The average molecular weight is 387 g/mol. The number of nitrogens with zero attached hydrogens (tertiary/aromatic N) is 1. The fraction of sp³-hybridized carbons (Fsp3) is 0.667. The van der Waals surface area contributed by atoms with Crippen molar-refractivity contribution in [2.45, 2.75) is 19.3 Å². The average Bonchev–Trinajstić information content (AvgIpc) is 2.50. The standard InChI is InChI=1S/C6H8N2O3.C6H16O5PS/c1-11-4-8-3-2-5(9)7-6(8)10;1-11-6(4-7)2-3-13-5-12(8,9)10/h2-3H,4H2,1H3,(H,7,9,10);6-10H,2-5H2,1H3/q;+1. The van der Waals surface area contributed by atoms with Crippen LogP contribution in [0.15, 0.2) is 21.9 Å². The van der Waals surface area contributed by atoms with E-state index in [1.165, 1.54) is 42.8 Å². The molecule has 1 aromatic rings. The maximum atomic E-state index is 10.9. The number of aromatic nitrogens is 2. The van der Waals surface area contributed by atoms with E-state index in [0.29, 0.717) is 12.2 Å². The number of aromatic amines is 1. The van der Waals surface area contributed by atoms with Gasteiger partial charge in [0.2, 0.25) is 0 Å². The van der Waals surface area contributed by atoms with Gasteiger partial charge < -0.3 is 14.6 Å². The second-order valence-electron chi connectivity index (χ2n) is 4.56. The molecule has 0 aliphatic rings. The number of ether oxygens (including phenoxy) is 2. The second-order valence-corrected chi connectivity index (χ2v) is 7.79. The summed E-state index contributed by atoms with van der Waals surface area (Å²) in [6.45, 7) is 0.102. The Morgan fingerprint density at radius 2 is 2.00 bits per heavy atom. The Kier molecular flexibility index (Phi) is 12.2. The molecular formula is C12H24N2O8PS+. The van der Waals surface area contributed by atoms with Crippen LogP contribution in [0.3, 0.4) is 0 Å². The Morgan fingerprint density at radius 3 is 2.46 bits per heavy atom. The second kappa shape index (κ2) is 12.6. The van der Waals surface area contributed by atoms with Crippen molar-refractivity contribution in [2.75, 3.05) is 32.1 Å². The lowest BCUT2D eigenvalue weighted by atomic mass is 10.3. The highest BCUT2D eigenvalue weighted by Gasteiger charge is 2.29. The molecule has 12 heteroatoms. The minimum atomic E-state index is -3.63. The highest BCUT2D eigenvalue weighted by Crippen LogP contribution is 2.47. The van der Waals surface area contributed by atoms with Crippen LogP contribution in [-0.4, -0.2) is 67.5 Å². The van der Waals surface area contributed by atoms with E-state index in [9.17, 15) is 9.59 Å². The van der Waals surface area contributed by atoms with Crippen LogP contribution in [0.25, 0.3) is 0 Å².